The minimum absolute atomic E-state index is 0.115. The van der Waals surface area contributed by atoms with Gasteiger partial charge in [-0.3, -0.25) is 4.79 Å². The van der Waals surface area contributed by atoms with Crippen molar-refractivity contribution in [3.8, 4) is 0 Å². The zero-order chi connectivity index (χ0) is 14.6. The molecule has 0 heterocycles. The van der Waals surface area contributed by atoms with Gasteiger partial charge in [0.15, 0.2) is 6.29 Å². The summed E-state index contributed by atoms with van der Waals surface area (Å²) in [5, 5.41) is 9.72. The van der Waals surface area contributed by atoms with Crippen molar-refractivity contribution in [2.75, 3.05) is 0 Å². The number of carbonyl (C=O) groups excluding carboxylic acids is 2. The van der Waals surface area contributed by atoms with E-state index in [1.807, 2.05) is 0 Å². The van der Waals surface area contributed by atoms with Gasteiger partial charge >= 0.3 is 6.09 Å². The molecule has 0 radical (unpaired) electrons. The largest absolute Gasteiger partial charge is 0.444 e. The van der Waals surface area contributed by atoms with Crippen molar-refractivity contribution < 1.29 is 18.7 Å². The molecule has 5 nitrogen and oxygen atoms in total. The van der Waals surface area contributed by atoms with E-state index in [4.69, 9.17) is 10.1 Å². The zero-order valence-corrected chi connectivity index (χ0v) is 11.1. The topological polar surface area (TPSA) is 79.2 Å². The normalized spacial score (nSPS) is 22.9. The Kier molecular flexibility index (Phi) is 4.58. The summed E-state index contributed by atoms with van der Waals surface area (Å²) in [4.78, 5) is 22.2. The van der Waals surface area contributed by atoms with E-state index in [2.05, 4.69) is 5.32 Å². The average Bonchev–Trinajstić information content (AvgIpc) is 2.26. The lowest BCUT2D eigenvalue weighted by atomic mass is 9.92. The molecule has 0 aliphatic heterocycles. The summed E-state index contributed by atoms with van der Waals surface area (Å²) in [7, 11) is 0. The van der Waals surface area contributed by atoms with Gasteiger partial charge in [0.1, 0.15) is 11.4 Å². The molecule has 1 amide bonds. The zero-order valence-electron chi connectivity index (χ0n) is 11.1. The Balaban J connectivity index is 2.79. The molecule has 1 aliphatic carbocycles. The molecule has 0 saturated heterocycles. The average molecular weight is 268 g/mol. The van der Waals surface area contributed by atoms with E-state index in [1.54, 1.807) is 20.8 Å². The lowest BCUT2D eigenvalue weighted by molar-refractivity contribution is -0.104. The van der Waals surface area contributed by atoms with Crippen LogP contribution in [-0.4, -0.2) is 30.2 Å². The monoisotopic (exact) mass is 268 g/mol. The summed E-state index contributed by atoms with van der Waals surface area (Å²) >= 11 is 0. The minimum atomic E-state index is -0.740. The number of ether oxygens (including phenoxy) is 1. The van der Waals surface area contributed by atoms with Crippen molar-refractivity contribution in [2.24, 2.45) is 5.92 Å². The van der Waals surface area contributed by atoms with Gasteiger partial charge in [0.05, 0.1) is 6.04 Å². The van der Waals surface area contributed by atoms with Crippen LogP contribution in [0.3, 0.4) is 0 Å². The van der Waals surface area contributed by atoms with E-state index in [1.165, 1.54) is 6.08 Å². The van der Waals surface area contributed by atoms with Crippen LogP contribution in [0.5, 0.6) is 0 Å². The molecule has 2 atom stereocenters. The Labute approximate surface area is 111 Å². The number of hydrogen-bond donors (Lipinski definition) is 2. The second-order valence-corrected chi connectivity index (χ2v) is 5.17. The molecule has 0 bridgehead atoms. The number of alkyl carbamates (subject to hydrolysis) is 1. The first kappa shape index (κ1) is 15.1. The summed E-state index contributed by atoms with van der Waals surface area (Å²) in [6.45, 7) is 5.13. The Morgan fingerprint density at radius 3 is 2.58 bits per heavy atom. The lowest BCUT2D eigenvalue weighted by Crippen LogP contribution is -2.43. The molecule has 2 N–H and O–H groups in total. The van der Waals surface area contributed by atoms with Crippen LogP contribution in [0.2, 0.25) is 0 Å². The maximum absolute atomic E-state index is 13.5. The second kappa shape index (κ2) is 5.77. The molecule has 6 heteroatoms. The van der Waals surface area contributed by atoms with Crippen molar-refractivity contribution in [1.82, 2.24) is 5.32 Å². The third-order valence-electron chi connectivity index (χ3n) is 2.39. The summed E-state index contributed by atoms with van der Waals surface area (Å²) in [5.41, 5.74) is -0.777. The number of nitrogens with one attached hydrogen (secondary N) is 2. The standard InChI is InChI=1S/C13H17FN2O3/c1-13(2,3)19-12(18)16-11-5-10(14)9(7-17)4-8(11)6-15/h4-8,11,15H,1-3H3,(H,16,18). The van der Waals surface area contributed by atoms with Crippen LogP contribution in [0.1, 0.15) is 20.8 Å². The first-order valence-electron chi connectivity index (χ1n) is 5.81. The summed E-state index contributed by atoms with van der Waals surface area (Å²) in [6.07, 6.45) is 3.12. The predicted octanol–water partition coefficient (Wildman–Crippen LogP) is 2.14. The quantitative estimate of drug-likeness (QED) is 0.608. The molecule has 19 heavy (non-hydrogen) atoms. The van der Waals surface area contributed by atoms with Gasteiger partial charge in [-0.05, 0) is 26.8 Å². The fourth-order valence-electron chi connectivity index (χ4n) is 1.58. The first-order valence-corrected chi connectivity index (χ1v) is 5.81. The van der Waals surface area contributed by atoms with Gasteiger partial charge in [-0.2, -0.15) is 0 Å². The van der Waals surface area contributed by atoms with Gasteiger partial charge in [-0.1, -0.05) is 6.08 Å². The molecule has 1 aliphatic rings. The Morgan fingerprint density at radius 1 is 1.47 bits per heavy atom. The SMILES string of the molecule is CC(C)(C)OC(=O)NC1C=C(F)C(C=O)=CC1C=N. The van der Waals surface area contributed by atoms with E-state index < -0.39 is 29.5 Å². The number of allylic oxidation sites excluding steroid dienone is 2. The van der Waals surface area contributed by atoms with Crippen molar-refractivity contribution in [1.29, 1.82) is 5.41 Å². The summed E-state index contributed by atoms with van der Waals surface area (Å²) < 4.78 is 18.5. The number of rotatable bonds is 3. The number of carbonyl (C=O) groups is 2. The number of halogens is 1. The van der Waals surface area contributed by atoms with E-state index in [-0.39, 0.29) is 5.57 Å². The van der Waals surface area contributed by atoms with Gasteiger partial charge in [0.2, 0.25) is 0 Å². The van der Waals surface area contributed by atoms with E-state index >= 15 is 0 Å². The Hall–Kier alpha value is -1.98. The molecule has 0 aromatic rings. The molecular weight excluding hydrogens is 251 g/mol. The molecule has 0 aromatic carbocycles. The van der Waals surface area contributed by atoms with Gasteiger partial charge in [0.25, 0.3) is 0 Å². The summed E-state index contributed by atoms with van der Waals surface area (Å²) in [6, 6.07) is -0.740. The van der Waals surface area contributed by atoms with Crippen molar-refractivity contribution in [3.05, 3.63) is 23.6 Å². The van der Waals surface area contributed by atoms with Crippen LogP contribution in [0, 0.1) is 11.3 Å². The van der Waals surface area contributed by atoms with Crippen molar-refractivity contribution in [3.63, 3.8) is 0 Å². The number of amides is 1. The van der Waals surface area contributed by atoms with Crippen molar-refractivity contribution >= 4 is 18.6 Å². The van der Waals surface area contributed by atoms with Crippen molar-refractivity contribution in [2.45, 2.75) is 32.4 Å². The van der Waals surface area contributed by atoms with E-state index in [0.29, 0.717) is 6.29 Å². The van der Waals surface area contributed by atoms with Crippen LogP contribution >= 0.6 is 0 Å². The van der Waals surface area contributed by atoms with Crippen LogP contribution < -0.4 is 5.32 Å². The Morgan fingerprint density at radius 2 is 2.11 bits per heavy atom. The highest BCUT2D eigenvalue weighted by atomic mass is 19.1. The molecule has 104 valence electrons. The first-order chi connectivity index (χ1) is 8.76. The van der Waals surface area contributed by atoms with E-state index in [0.717, 1.165) is 12.3 Å². The molecule has 1 rings (SSSR count). The Bertz CT molecular complexity index is 449. The molecule has 0 saturated carbocycles. The highest BCUT2D eigenvalue weighted by Gasteiger charge is 2.27. The van der Waals surface area contributed by atoms with E-state index in [9.17, 15) is 14.0 Å². The van der Waals surface area contributed by atoms with Gasteiger partial charge < -0.3 is 15.5 Å². The fourth-order valence-corrected chi connectivity index (χ4v) is 1.58. The maximum atomic E-state index is 13.5. The van der Waals surface area contributed by atoms with Gasteiger partial charge in [-0.15, -0.1) is 0 Å². The molecule has 0 fully saturated rings. The number of aldehydes is 1. The second-order valence-electron chi connectivity index (χ2n) is 5.17. The molecular formula is C13H17FN2O3. The van der Waals surface area contributed by atoms with Crippen LogP contribution in [0.25, 0.3) is 0 Å². The third-order valence-corrected chi connectivity index (χ3v) is 2.39. The fraction of sp³-hybridized carbons (Fsp3) is 0.462. The highest BCUT2D eigenvalue weighted by molar-refractivity contribution is 5.82. The molecule has 2 unspecified atom stereocenters. The third kappa shape index (κ3) is 4.31. The predicted molar refractivity (Wildman–Crippen MR) is 68.8 cm³/mol. The van der Waals surface area contributed by atoms with Crippen LogP contribution in [-0.2, 0) is 9.53 Å². The van der Waals surface area contributed by atoms with Crippen LogP contribution in [0.15, 0.2) is 23.6 Å². The maximum Gasteiger partial charge on any atom is 0.408 e. The van der Waals surface area contributed by atoms with Crippen LogP contribution in [0.4, 0.5) is 9.18 Å². The smallest absolute Gasteiger partial charge is 0.408 e. The lowest BCUT2D eigenvalue weighted by Gasteiger charge is -2.26. The molecule has 0 spiro atoms. The minimum Gasteiger partial charge on any atom is -0.444 e. The highest BCUT2D eigenvalue weighted by Crippen LogP contribution is 2.22. The molecule has 0 aromatic heterocycles. The van der Waals surface area contributed by atoms with Gasteiger partial charge in [-0.25, -0.2) is 9.18 Å². The number of hydrogen-bond acceptors (Lipinski definition) is 4. The van der Waals surface area contributed by atoms with Gasteiger partial charge in [0, 0.05) is 17.7 Å². The summed E-state index contributed by atoms with van der Waals surface area (Å²) in [5.74, 6) is -1.29.